The molecule has 4 aliphatic rings. The number of carboxylic acids is 2. The van der Waals surface area contributed by atoms with Crippen molar-refractivity contribution in [2.75, 3.05) is 26.8 Å². The van der Waals surface area contributed by atoms with Crippen LogP contribution in [0.5, 0.6) is 11.5 Å². The van der Waals surface area contributed by atoms with E-state index in [0.717, 1.165) is 5.56 Å². The largest absolute Gasteiger partial charge is 0.497 e. The van der Waals surface area contributed by atoms with Gasteiger partial charge in [0.15, 0.2) is 0 Å². The molecule has 0 spiro atoms. The van der Waals surface area contributed by atoms with Gasteiger partial charge in [-0.3, -0.25) is 14.4 Å². The van der Waals surface area contributed by atoms with E-state index in [0.29, 0.717) is 49.3 Å². The number of amides is 1. The first-order chi connectivity index (χ1) is 16.2. The van der Waals surface area contributed by atoms with E-state index < -0.39 is 22.8 Å². The molecular formula is C26H27NO7. The van der Waals surface area contributed by atoms with E-state index in [1.54, 1.807) is 36.3 Å². The monoisotopic (exact) mass is 465 g/mol. The zero-order chi connectivity index (χ0) is 24.1. The zero-order valence-electron chi connectivity index (χ0n) is 19.0. The summed E-state index contributed by atoms with van der Waals surface area (Å²) in [4.78, 5) is 38.0. The second kappa shape index (κ2) is 7.75. The highest BCUT2D eigenvalue weighted by molar-refractivity contribution is 5.95. The Morgan fingerprint density at radius 1 is 0.912 bits per heavy atom. The van der Waals surface area contributed by atoms with Crippen molar-refractivity contribution in [1.82, 2.24) is 4.90 Å². The van der Waals surface area contributed by atoms with Gasteiger partial charge in [0.2, 0.25) is 0 Å². The molecule has 34 heavy (non-hydrogen) atoms. The van der Waals surface area contributed by atoms with Crippen molar-refractivity contribution in [3.05, 3.63) is 59.7 Å². The summed E-state index contributed by atoms with van der Waals surface area (Å²) < 4.78 is 11.0. The Kier molecular flexibility index (Phi) is 5.07. The fraction of sp³-hybridized carbons (Fsp3) is 0.423. The number of ether oxygens (including phenoxy) is 2. The number of benzene rings is 2. The van der Waals surface area contributed by atoms with E-state index in [4.69, 9.17) is 9.47 Å². The molecule has 1 unspecified atom stereocenters. The van der Waals surface area contributed by atoms with Crippen molar-refractivity contribution in [2.45, 2.75) is 31.1 Å². The molecule has 3 aliphatic carbocycles. The van der Waals surface area contributed by atoms with Crippen LogP contribution in [0.2, 0.25) is 0 Å². The summed E-state index contributed by atoms with van der Waals surface area (Å²) in [5, 5.41) is 19.3. The van der Waals surface area contributed by atoms with Crippen molar-refractivity contribution in [3.63, 3.8) is 0 Å². The van der Waals surface area contributed by atoms with Crippen LogP contribution in [0.15, 0.2) is 48.5 Å². The molecule has 2 aromatic carbocycles. The number of methoxy groups -OCH3 is 1. The van der Waals surface area contributed by atoms with Crippen LogP contribution in [0.1, 0.15) is 41.6 Å². The second-order valence-corrected chi connectivity index (χ2v) is 10.00. The SMILES string of the molecule is COc1ccc(C(=O)N2CCC(COc3ccc(C45CC(C(=O)O)(C4)C5)cc3)(C(=O)O)C2)cc1. The van der Waals surface area contributed by atoms with Gasteiger partial charge in [-0.25, -0.2) is 0 Å². The van der Waals surface area contributed by atoms with Gasteiger partial charge >= 0.3 is 11.9 Å². The van der Waals surface area contributed by atoms with Gasteiger partial charge in [0.05, 0.1) is 12.5 Å². The predicted octanol–water partition coefficient (Wildman–Crippen LogP) is 3.20. The minimum absolute atomic E-state index is 0.0347. The maximum absolute atomic E-state index is 12.9. The lowest BCUT2D eigenvalue weighted by Crippen LogP contribution is -2.67. The van der Waals surface area contributed by atoms with Crippen LogP contribution >= 0.6 is 0 Å². The molecule has 2 aromatic rings. The molecule has 8 nitrogen and oxygen atoms in total. The summed E-state index contributed by atoms with van der Waals surface area (Å²) in [6.45, 7) is 0.375. The van der Waals surface area contributed by atoms with E-state index in [2.05, 4.69) is 0 Å². The number of carboxylic acid groups (broad SMARTS) is 2. The Bertz CT molecular complexity index is 1120. The highest BCUT2D eigenvalue weighted by Crippen LogP contribution is 2.73. The third-order valence-electron chi connectivity index (χ3n) is 7.90. The summed E-state index contributed by atoms with van der Waals surface area (Å²) in [6.07, 6.45) is 2.34. The second-order valence-electron chi connectivity index (χ2n) is 10.00. The lowest BCUT2D eigenvalue weighted by molar-refractivity contribution is -0.194. The number of rotatable bonds is 8. The maximum atomic E-state index is 12.9. The van der Waals surface area contributed by atoms with Gasteiger partial charge in [-0.05, 0) is 73.1 Å². The predicted molar refractivity (Wildman–Crippen MR) is 121 cm³/mol. The molecule has 0 aromatic heterocycles. The van der Waals surface area contributed by atoms with Crippen molar-refractivity contribution < 1.29 is 34.1 Å². The number of hydrogen-bond acceptors (Lipinski definition) is 5. The van der Waals surface area contributed by atoms with Crippen molar-refractivity contribution >= 4 is 17.8 Å². The van der Waals surface area contributed by atoms with Crippen LogP contribution in [0.25, 0.3) is 0 Å². The number of carbonyl (C=O) groups is 3. The van der Waals surface area contributed by atoms with E-state index >= 15 is 0 Å². The molecule has 2 N–H and O–H groups in total. The normalized spacial score (nSPS) is 29.0. The summed E-state index contributed by atoms with van der Waals surface area (Å²) in [6, 6.07) is 14.3. The van der Waals surface area contributed by atoms with Crippen LogP contribution in [-0.4, -0.2) is 59.8 Å². The molecule has 178 valence electrons. The first kappa shape index (κ1) is 22.3. The third-order valence-corrected chi connectivity index (χ3v) is 7.90. The molecule has 8 heteroatoms. The van der Waals surface area contributed by atoms with Gasteiger partial charge in [-0.2, -0.15) is 0 Å². The number of hydrogen-bond donors (Lipinski definition) is 2. The molecule has 4 fully saturated rings. The first-order valence-electron chi connectivity index (χ1n) is 11.3. The van der Waals surface area contributed by atoms with Crippen molar-refractivity contribution in [2.24, 2.45) is 10.8 Å². The molecule has 1 amide bonds. The Balaban J connectivity index is 1.21. The van der Waals surface area contributed by atoms with Crippen LogP contribution in [0.3, 0.4) is 0 Å². The molecule has 6 rings (SSSR count). The van der Waals surface area contributed by atoms with Gasteiger partial charge < -0.3 is 24.6 Å². The molecule has 1 saturated heterocycles. The molecule has 0 radical (unpaired) electrons. The quantitative estimate of drug-likeness (QED) is 0.615. The summed E-state index contributed by atoms with van der Waals surface area (Å²) in [5.74, 6) is -0.698. The summed E-state index contributed by atoms with van der Waals surface area (Å²) in [7, 11) is 1.55. The van der Waals surface area contributed by atoms with E-state index in [9.17, 15) is 24.6 Å². The van der Waals surface area contributed by atoms with Gasteiger partial charge in [0.1, 0.15) is 23.5 Å². The van der Waals surface area contributed by atoms with Crippen LogP contribution in [0.4, 0.5) is 0 Å². The lowest BCUT2D eigenvalue weighted by Gasteiger charge is -2.68. The summed E-state index contributed by atoms with van der Waals surface area (Å²) in [5.41, 5.74) is -0.152. The number of nitrogens with zero attached hydrogens (tertiary/aromatic N) is 1. The third kappa shape index (κ3) is 3.40. The highest BCUT2D eigenvalue weighted by Gasteiger charge is 2.72. The Labute approximate surface area is 197 Å². The Morgan fingerprint density at radius 3 is 2.09 bits per heavy atom. The molecule has 1 heterocycles. The van der Waals surface area contributed by atoms with E-state index in [1.165, 1.54) is 0 Å². The topological polar surface area (TPSA) is 113 Å². The number of likely N-dealkylation sites (tertiary alicyclic amines) is 1. The van der Waals surface area contributed by atoms with E-state index in [-0.39, 0.29) is 24.5 Å². The molecule has 2 bridgehead atoms. The number of carbonyl (C=O) groups excluding carboxylic acids is 1. The van der Waals surface area contributed by atoms with Gasteiger partial charge in [-0.15, -0.1) is 0 Å². The van der Waals surface area contributed by atoms with Crippen LogP contribution in [0, 0.1) is 10.8 Å². The fourth-order valence-corrected chi connectivity index (χ4v) is 5.76. The zero-order valence-corrected chi connectivity index (χ0v) is 19.0. The Morgan fingerprint density at radius 2 is 1.53 bits per heavy atom. The van der Waals surface area contributed by atoms with Gasteiger partial charge in [0, 0.05) is 18.7 Å². The van der Waals surface area contributed by atoms with Gasteiger partial charge in [0.25, 0.3) is 5.91 Å². The highest BCUT2D eigenvalue weighted by atomic mass is 16.5. The van der Waals surface area contributed by atoms with Gasteiger partial charge in [-0.1, -0.05) is 12.1 Å². The molecule has 3 saturated carbocycles. The van der Waals surface area contributed by atoms with Crippen LogP contribution < -0.4 is 9.47 Å². The first-order valence-corrected chi connectivity index (χ1v) is 11.3. The Hall–Kier alpha value is -3.55. The smallest absolute Gasteiger partial charge is 0.315 e. The van der Waals surface area contributed by atoms with Crippen molar-refractivity contribution in [1.29, 1.82) is 0 Å². The molecule has 1 aliphatic heterocycles. The average molecular weight is 466 g/mol. The lowest BCUT2D eigenvalue weighted by atomic mass is 9.33. The summed E-state index contributed by atoms with van der Waals surface area (Å²) >= 11 is 0. The average Bonchev–Trinajstić information content (AvgIpc) is 3.22. The van der Waals surface area contributed by atoms with Crippen molar-refractivity contribution in [3.8, 4) is 11.5 Å². The molecule has 1 atom stereocenters. The molecular weight excluding hydrogens is 438 g/mol. The minimum atomic E-state index is -1.18. The number of aliphatic carboxylic acids is 2. The van der Waals surface area contributed by atoms with Crippen LogP contribution in [-0.2, 0) is 15.0 Å². The minimum Gasteiger partial charge on any atom is -0.497 e. The van der Waals surface area contributed by atoms with E-state index in [1.807, 2.05) is 24.3 Å². The maximum Gasteiger partial charge on any atom is 0.315 e. The standard InChI is InChI=1S/C26H27NO7/c1-33-19-6-2-17(3-7-19)21(28)27-11-10-24(15-27,22(29)30)16-34-20-8-4-18(5-9-20)25-12-26(13-25,14-25)23(31)32/h2-9H,10-16H2,1H3,(H,29,30)(H,31,32). The fourth-order valence-electron chi connectivity index (χ4n) is 5.76.